The van der Waals surface area contributed by atoms with Crippen molar-refractivity contribution in [2.45, 2.75) is 6.92 Å². The van der Waals surface area contributed by atoms with Crippen molar-refractivity contribution >= 4 is 21.6 Å². The van der Waals surface area contributed by atoms with Crippen molar-refractivity contribution in [2.24, 2.45) is 0 Å². The second kappa shape index (κ2) is 5.76. The molecular weight excluding hydrogens is 366 g/mol. The van der Waals surface area contributed by atoms with Crippen molar-refractivity contribution in [1.82, 2.24) is 14.6 Å². The number of aryl methyl sites for hydroxylation is 1. The maximum Gasteiger partial charge on any atom is 0.272 e. The number of halogens is 1. The summed E-state index contributed by atoms with van der Waals surface area (Å²) in [5.74, 6) is 0. The van der Waals surface area contributed by atoms with Crippen LogP contribution in [-0.4, -0.2) is 14.6 Å². The highest BCUT2D eigenvalue weighted by atomic mass is 79.9. The summed E-state index contributed by atoms with van der Waals surface area (Å²) in [6.07, 6.45) is 0. The van der Waals surface area contributed by atoms with Crippen molar-refractivity contribution in [1.29, 1.82) is 0 Å². The Hall–Kier alpha value is -2.66. The van der Waals surface area contributed by atoms with Gasteiger partial charge in [0.25, 0.3) is 5.56 Å². The molecule has 0 unspecified atom stereocenters. The molecule has 0 aliphatic rings. The summed E-state index contributed by atoms with van der Waals surface area (Å²) in [4.78, 5) is 17.0. The number of hydrogen-bond acceptors (Lipinski definition) is 2. The lowest BCUT2D eigenvalue weighted by atomic mass is 10.0. The maximum absolute atomic E-state index is 12.4. The second-order valence-corrected chi connectivity index (χ2v) is 6.55. The van der Waals surface area contributed by atoms with Crippen molar-refractivity contribution < 1.29 is 0 Å². The van der Waals surface area contributed by atoms with Gasteiger partial charge in [0.2, 0.25) is 0 Å². The van der Waals surface area contributed by atoms with Gasteiger partial charge in [-0.25, -0.2) is 9.50 Å². The monoisotopic (exact) mass is 379 g/mol. The third-order valence-electron chi connectivity index (χ3n) is 3.92. The first-order valence-electron chi connectivity index (χ1n) is 7.57. The Morgan fingerprint density at radius 2 is 1.75 bits per heavy atom. The van der Waals surface area contributed by atoms with Gasteiger partial charge in [0.1, 0.15) is 0 Å². The van der Waals surface area contributed by atoms with Crippen LogP contribution >= 0.6 is 15.9 Å². The van der Waals surface area contributed by atoms with Gasteiger partial charge in [-0.1, -0.05) is 58.4 Å². The van der Waals surface area contributed by atoms with Gasteiger partial charge in [-0.15, -0.1) is 0 Å². The lowest BCUT2D eigenvalue weighted by Gasteiger charge is -2.04. The first kappa shape index (κ1) is 14.9. The molecule has 2 heterocycles. The Labute approximate surface area is 146 Å². The molecule has 0 aliphatic heterocycles. The standard InChI is InChI=1S/C19H14BrN3O/c1-12-10-16(24)23-19(21-12)17(13-6-3-2-4-7-13)18(22-23)14-8-5-9-15(20)11-14/h2-11,22H,1H3. The zero-order valence-electron chi connectivity index (χ0n) is 13.0. The summed E-state index contributed by atoms with van der Waals surface area (Å²) >= 11 is 3.51. The molecule has 0 spiro atoms. The molecule has 4 rings (SSSR count). The highest BCUT2D eigenvalue weighted by Crippen LogP contribution is 2.34. The zero-order chi connectivity index (χ0) is 16.7. The number of benzene rings is 2. The van der Waals surface area contributed by atoms with E-state index in [-0.39, 0.29) is 5.56 Å². The Morgan fingerprint density at radius 3 is 2.50 bits per heavy atom. The van der Waals surface area contributed by atoms with Crippen LogP contribution in [0.3, 0.4) is 0 Å². The van der Waals surface area contributed by atoms with E-state index >= 15 is 0 Å². The Balaban J connectivity index is 2.13. The second-order valence-electron chi connectivity index (χ2n) is 5.63. The van der Waals surface area contributed by atoms with Gasteiger partial charge in [0.15, 0.2) is 5.65 Å². The fourth-order valence-electron chi connectivity index (χ4n) is 2.88. The molecular formula is C19H14BrN3O. The van der Waals surface area contributed by atoms with E-state index in [1.165, 1.54) is 10.6 Å². The van der Waals surface area contributed by atoms with Crippen molar-refractivity contribution in [3.05, 3.63) is 81.2 Å². The van der Waals surface area contributed by atoms with Crippen LogP contribution in [0, 0.1) is 6.92 Å². The van der Waals surface area contributed by atoms with Crippen molar-refractivity contribution in [3.8, 4) is 22.4 Å². The predicted molar refractivity (Wildman–Crippen MR) is 99.1 cm³/mol. The molecule has 2 aromatic carbocycles. The molecule has 0 bridgehead atoms. The Bertz CT molecular complexity index is 1100. The smallest absolute Gasteiger partial charge is 0.272 e. The maximum atomic E-state index is 12.4. The minimum Gasteiger partial charge on any atom is -0.288 e. The minimum atomic E-state index is -0.115. The molecule has 0 amide bonds. The summed E-state index contributed by atoms with van der Waals surface area (Å²) in [6.45, 7) is 1.84. The molecule has 2 aromatic heterocycles. The molecule has 1 N–H and O–H groups in total. The number of nitrogens with zero attached hydrogens (tertiary/aromatic N) is 2. The number of aromatic nitrogens is 3. The predicted octanol–water partition coefficient (Wildman–Crippen LogP) is 4.43. The quantitative estimate of drug-likeness (QED) is 0.560. The fourth-order valence-corrected chi connectivity index (χ4v) is 3.28. The lowest BCUT2D eigenvalue weighted by Crippen LogP contribution is -2.14. The molecule has 4 nitrogen and oxygen atoms in total. The molecule has 0 saturated carbocycles. The van der Waals surface area contributed by atoms with Crippen LogP contribution in [-0.2, 0) is 0 Å². The van der Waals surface area contributed by atoms with Crippen molar-refractivity contribution in [3.63, 3.8) is 0 Å². The molecule has 0 saturated heterocycles. The summed E-state index contributed by atoms with van der Waals surface area (Å²) in [7, 11) is 0. The number of H-pyrrole nitrogens is 1. The van der Waals surface area contributed by atoms with Gasteiger partial charge in [-0.3, -0.25) is 9.89 Å². The highest BCUT2D eigenvalue weighted by molar-refractivity contribution is 9.10. The van der Waals surface area contributed by atoms with E-state index in [0.717, 1.165) is 26.9 Å². The van der Waals surface area contributed by atoms with Crippen LogP contribution in [0.5, 0.6) is 0 Å². The minimum absolute atomic E-state index is 0.115. The molecule has 0 radical (unpaired) electrons. The van der Waals surface area contributed by atoms with Crippen LogP contribution in [0.2, 0.25) is 0 Å². The Morgan fingerprint density at radius 1 is 1.00 bits per heavy atom. The van der Waals surface area contributed by atoms with Crippen LogP contribution in [0.1, 0.15) is 5.69 Å². The Kier molecular flexibility index (Phi) is 3.58. The van der Waals surface area contributed by atoms with Gasteiger partial charge in [0, 0.05) is 21.8 Å². The third-order valence-corrected chi connectivity index (χ3v) is 4.41. The molecule has 5 heteroatoms. The van der Waals surface area contributed by atoms with Gasteiger partial charge in [-0.2, -0.15) is 0 Å². The number of aromatic amines is 1. The molecule has 4 aromatic rings. The van der Waals surface area contributed by atoms with E-state index in [4.69, 9.17) is 0 Å². The van der Waals surface area contributed by atoms with Crippen LogP contribution in [0.25, 0.3) is 28.0 Å². The first-order valence-corrected chi connectivity index (χ1v) is 8.36. The van der Waals surface area contributed by atoms with E-state index in [1.54, 1.807) is 0 Å². The van der Waals surface area contributed by atoms with Gasteiger partial charge in [-0.05, 0) is 24.6 Å². The first-order chi connectivity index (χ1) is 11.6. The lowest BCUT2D eigenvalue weighted by molar-refractivity contribution is 0.893. The number of nitrogens with one attached hydrogen (secondary N) is 1. The number of rotatable bonds is 2. The summed E-state index contributed by atoms with van der Waals surface area (Å²) in [5, 5.41) is 3.22. The molecule has 0 fully saturated rings. The van der Waals surface area contributed by atoms with Crippen LogP contribution in [0.4, 0.5) is 0 Å². The van der Waals surface area contributed by atoms with E-state index < -0.39 is 0 Å². The van der Waals surface area contributed by atoms with E-state index in [9.17, 15) is 4.79 Å². The number of fused-ring (bicyclic) bond motifs is 1. The summed E-state index contributed by atoms with van der Waals surface area (Å²) in [6, 6.07) is 19.5. The van der Waals surface area contributed by atoms with Gasteiger partial charge >= 0.3 is 0 Å². The molecule has 0 atom stereocenters. The van der Waals surface area contributed by atoms with E-state index in [2.05, 4.69) is 26.0 Å². The van der Waals surface area contributed by atoms with E-state index in [0.29, 0.717) is 11.3 Å². The number of hydrogen-bond donors (Lipinski definition) is 1. The summed E-state index contributed by atoms with van der Waals surface area (Å²) in [5.41, 5.74) is 5.04. The SMILES string of the molecule is Cc1cc(=O)n2[nH]c(-c3cccc(Br)c3)c(-c3ccccc3)c2n1. The normalized spacial score (nSPS) is 11.1. The van der Waals surface area contributed by atoms with Gasteiger partial charge in [0.05, 0.1) is 11.3 Å². The largest absolute Gasteiger partial charge is 0.288 e. The fraction of sp³-hybridized carbons (Fsp3) is 0.0526. The third kappa shape index (κ3) is 2.47. The zero-order valence-corrected chi connectivity index (χ0v) is 14.5. The average Bonchev–Trinajstić information content (AvgIpc) is 2.95. The highest BCUT2D eigenvalue weighted by Gasteiger charge is 2.17. The molecule has 118 valence electrons. The van der Waals surface area contributed by atoms with Crippen molar-refractivity contribution in [2.75, 3.05) is 0 Å². The molecule has 24 heavy (non-hydrogen) atoms. The van der Waals surface area contributed by atoms with Crippen LogP contribution < -0.4 is 5.56 Å². The summed E-state index contributed by atoms with van der Waals surface area (Å²) < 4.78 is 2.49. The average molecular weight is 380 g/mol. The van der Waals surface area contributed by atoms with E-state index in [1.807, 2.05) is 61.5 Å². The topological polar surface area (TPSA) is 50.2 Å². The molecule has 0 aliphatic carbocycles. The van der Waals surface area contributed by atoms with Gasteiger partial charge < -0.3 is 0 Å². The van der Waals surface area contributed by atoms with Crippen LogP contribution in [0.15, 0.2) is 69.9 Å².